The van der Waals surface area contributed by atoms with Crippen molar-refractivity contribution in [1.29, 1.82) is 0 Å². The minimum Gasteiger partial charge on any atom is -0.460 e. The SMILES string of the molecule is Br.CC(C(=O)OC(C)(C)C)C(N)n1c(N)nc2ccccc21. The zero-order chi connectivity index (χ0) is 15.8. The lowest BCUT2D eigenvalue weighted by Gasteiger charge is -2.26. The number of rotatable bonds is 3. The third-order valence-corrected chi connectivity index (χ3v) is 3.21. The van der Waals surface area contributed by atoms with Gasteiger partial charge < -0.3 is 16.2 Å². The van der Waals surface area contributed by atoms with E-state index >= 15 is 0 Å². The summed E-state index contributed by atoms with van der Waals surface area (Å²) in [6.07, 6.45) is -0.632. The van der Waals surface area contributed by atoms with Crippen LogP contribution in [0.4, 0.5) is 5.95 Å². The van der Waals surface area contributed by atoms with Gasteiger partial charge in [-0.25, -0.2) is 4.98 Å². The molecular weight excluding hydrogens is 348 g/mol. The van der Waals surface area contributed by atoms with Crippen molar-refractivity contribution in [2.24, 2.45) is 11.7 Å². The summed E-state index contributed by atoms with van der Waals surface area (Å²) >= 11 is 0. The van der Waals surface area contributed by atoms with Gasteiger partial charge in [0.05, 0.1) is 23.1 Å². The Morgan fingerprint density at radius 3 is 2.50 bits per heavy atom. The van der Waals surface area contributed by atoms with E-state index in [1.54, 1.807) is 11.5 Å². The van der Waals surface area contributed by atoms with Crippen molar-refractivity contribution in [3.05, 3.63) is 24.3 Å². The number of carbonyl (C=O) groups is 1. The summed E-state index contributed by atoms with van der Waals surface area (Å²) in [5.74, 6) is -0.601. The zero-order valence-corrected chi connectivity index (χ0v) is 15.0. The van der Waals surface area contributed by atoms with Crippen molar-refractivity contribution < 1.29 is 9.53 Å². The Kier molecular flexibility index (Phi) is 5.59. The maximum atomic E-state index is 12.2. The van der Waals surface area contributed by atoms with Gasteiger partial charge in [0, 0.05) is 0 Å². The van der Waals surface area contributed by atoms with Crippen molar-refractivity contribution in [2.45, 2.75) is 39.5 Å². The summed E-state index contributed by atoms with van der Waals surface area (Å²) in [7, 11) is 0. The number of halogens is 1. The van der Waals surface area contributed by atoms with Gasteiger partial charge >= 0.3 is 5.97 Å². The molecule has 0 radical (unpaired) electrons. The molecule has 0 aliphatic carbocycles. The number of nitrogen functional groups attached to an aromatic ring is 1. The second-order valence-corrected chi connectivity index (χ2v) is 6.14. The van der Waals surface area contributed by atoms with Crippen molar-refractivity contribution in [1.82, 2.24) is 9.55 Å². The fraction of sp³-hybridized carbons (Fsp3) is 0.467. The lowest BCUT2D eigenvalue weighted by atomic mass is 10.1. The first-order valence-electron chi connectivity index (χ1n) is 6.91. The summed E-state index contributed by atoms with van der Waals surface area (Å²) in [6, 6.07) is 7.49. The van der Waals surface area contributed by atoms with Crippen molar-refractivity contribution in [3.63, 3.8) is 0 Å². The van der Waals surface area contributed by atoms with Crippen LogP contribution in [-0.4, -0.2) is 21.1 Å². The quantitative estimate of drug-likeness (QED) is 0.809. The Bertz CT molecular complexity index is 663. The van der Waals surface area contributed by atoms with Crippen LogP contribution < -0.4 is 11.5 Å². The monoisotopic (exact) mass is 370 g/mol. The third kappa shape index (κ3) is 3.78. The number of nitrogens with zero attached hydrogens (tertiary/aromatic N) is 2. The van der Waals surface area contributed by atoms with Crippen LogP contribution in [0.2, 0.25) is 0 Å². The lowest BCUT2D eigenvalue weighted by molar-refractivity contribution is -0.160. The first-order chi connectivity index (χ1) is 9.70. The molecule has 0 amide bonds. The molecule has 122 valence electrons. The number of hydrogen-bond donors (Lipinski definition) is 2. The number of ether oxygens (including phenoxy) is 1. The number of anilines is 1. The predicted molar refractivity (Wildman–Crippen MR) is 92.7 cm³/mol. The van der Waals surface area contributed by atoms with E-state index in [1.807, 2.05) is 45.0 Å². The van der Waals surface area contributed by atoms with Crippen LogP contribution in [0.1, 0.15) is 33.9 Å². The number of carbonyl (C=O) groups excluding carboxylic acids is 1. The number of esters is 1. The van der Waals surface area contributed by atoms with E-state index in [0.29, 0.717) is 5.95 Å². The maximum absolute atomic E-state index is 12.2. The Labute approximate surface area is 140 Å². The summed E-state index contributed by atoms with van der Waals surface area (Å²) in [6.45, 7) is 7.20. The summed E-state index contributed by atoms with van der Waals surface area (Å²) in [5.41, 5.74) is 13.2. The highest BCUT2D eigenvalue weighted by atomic mass is 79.9. The van der Waals surface area contributed by atoms with E-state index in [0.717, 1.165) is 11.0 Å². The van der Waals surface area contributed by atoms with Gasteiger partial charge in [-0.3, -0.25) is 9.36 Å². The number of hydrogen-bond acceptors (Lipinski definition) is 5. The smallest absolute Gasteiger partial charge is 0.312 e. The molecule has 2 unspecified atom stereocenters. The van der Waals surface area contributed by atoms with Crippen LogP contribution in [-0.2, 0) is 9.53 Å². The van der Waals surface area contributed by atoms with Crippen molar-refractivity contribution in [2.75, 3.05) is 5.73 Å². The molecule has 7 heteroatoms. The largest absolute Gasteiger partial charge is 0.460 e. The van der Waals surface area contributed by atoms with Gasteiger partial charge in [-0.1, -0.05) is 12.1 Å². The molecule has 0 fully saturated rings. The highest BCUT2D eigenvalue weighted by molar-refractivity contribution is 8.93. The van der Waals surface area contributed by atoms with E-state index in [2.05, 4.69) is 4.98 Å². The molecule has 0 aliphatic rings. The van der Waals surface area contributed by atoms with Crippen molar-refractivity contribution >= 4 is 39.9 Å². The minimum atomic E-state index is -0.632. The Morgan fingerprint density at radius 1 is 1.32 bits per heavy atom. The van der Waals surface area contributed by atoms with Gasteiger partial charge in [0.15, 0.2) is 0 Å². The number of imidazole rings is 1. The highest BCUT2D eigenvalue weighted by Gasteiger charge is 2.29. The summed E-state index contributed by atoms with van der Waals surface area (Å²) in [5, 5.41) is 0. The Morgan fingerprint density at radius 2 is 1.91 bits per heavy atom. The van der Waals surface area contributed by atoms with E-state index in [9.17, 15) is 4.79 Å². The molecule has 0 bridgehead atoms. The first-order valence-corrected chi connectivity index (χ1v) is 6.91. The number of aromatic nitrogens is 2. The number of fused-ring (bicyclic) bond motifs is 1. The molecule has 1 heterocycles. The van der Waals surface area contributed by atoms with E-state index in [4.69, 9.17) is 16.2 Å². The van der Waals surface area contributed by atoms with Gasteiger partial charge in [-0.2, -0.15) is 0 Å². The second-order valence-electron chi connectivity index (χ2n) is 6.14. The predicted octanol–water partition coefficient (Wildman–Crippen LogP) is 2.63. The molecule has 1 aromatic carbocycles. The molecule has 22 heavy (non-hydrogen) atoms. The van der Waals surface area contributed by atoms with Gasteiger partial charge in [0.2, 0.25) is 5.95 Å². The number of para-hydroxylation sites is 2. The Hall–Kier alpha value is -1.60. The molecule has 0 spiro atoms. The van der Waals surface area contributed by atoms with Crippen LogP contribution in [0.3, 0.4) is 0 Å². The van der Waals surface area contributed by atoms with Crippen LogP contribution >= 0.6 is 17.0 Å². The normalized spacial score (nSPS) is 14.2. The highest BCUT2D eigenvalue weighted by Crippen LogP contribution is 2.25. The third-order valence-electron chi connectivity index (χ3n) is 3.21. The average Bonchev–Trinajstić information content (AvgIpc) is 2.70. The topological polar surface area (TPSA) is 96.2 Å². The van der Waals surface area contributed by atoms with Gasteiger partial charge in [-0.05, 0) is 39.8 Å². The molecular formula is C15H23BrN4O2. The fourth-order valence-corrected chi connectivity index (χ4v) is 2.13. The van der Waals surface area contributed by atoms with Gasteiger partial charge in [0.1, 0.15) is 5.60 Å². The van der Waals surface area contributed by atoms with Crippen LogP contribution in [0.5, 0.6) is 0 Å². The molecule has 2 rings (SSSR count). The van der Waals surface area contributed by atoms with E-state index in [1.165, 1.54) is 0 Å². The first kappa shape index (κ1) is 18.4. The summed E-state index contributed by atoms with van der Waals surface area (Å²) in [4.78, 5) is 16.4. The molecule has 2 aromatic rings. The van der Waals surface area contributed by atoms with E-state index < -0.39 is 17.7 Å². The van der Waals surface area contributed by atoms with E-state index in [-0.39, 0.29) is 23.0 Å². The number of benzene rings is 1. The zero-order valence-electron chi connectivity index (χ0n) is 13.2. The standard InChI is InChI=1S/C15H22N4O2.BrH/c1-9(13(20)21-15(2,3)4)12(16)19-11-8-6-5-7-10(11)18-14(19)17;/h5-9,12H,16H2,1-4H3,(H2,17,18);1H. The molecule has 1 aromatic heterocycles. The number of nitrogens with two attached hydrogens (primary N) is 2. The molecule has 0 saturated heterocycles. The average molecular weight is 371 g/mol. The van der Waals surface area contributed by atoms with Crippen molar-refractivity contribution in [3.8, 4) is 0 Å². The minimum absolute atomic E-state index is 0. The molecule has 0 saturated carbocycles. The maximum Gasteiger partial charge on any atom is 0.312 e. The molecule has 4 N–H and O–H groups in total. The fourth-order valence-electron chi connectivity index (χ4n) is 2.13. The second kappa shape index (κ2) is 6.66. The van der Waals surface area contributed by atoms with Gasteiger partial charge in [0.25, 0.3) is 0 Å². The molecule has 0 aliphatic heterocycles. The Balaban J connectivity index is 0.00000242. The van der Waals surface area contributed by atoms with Crippen LogP contribution in [0, 0.1) is 5.92 Å². The van der Waals surface area contributed by atoms with Crippen LogP contribution in [0.15, 0.2) is 24.3 Å². The summed E-state index contributed by atoms with van der Waals surface area (Å²) < 4.78 is 7.05. The van der Waals surface area contributed by atoms with Gasteiger partial charge in [-0.15, -0.1) is 17.0 Å². The lowest BCUT2D eigenvalue weighted by Crippen LogP contribution is -2.36. The molecule has 6 nitrogen and oxygen atoms in total. The van der Waals surface area contributed by atoms with Crippen LogP contribution in [0.25, 0.3) is 11.0 Å². The molecule has 2 atom stereocenters.